The van der Waals surface area contributed by atoms with Gasteiger partial charge in [-0.3, -0.25) is 4.68 Å². The molecule has 4 nitrogen and oxygen atoms in total. The number of hydrogen-bond donors (Lipinski definition) is 0. The van der Waals surface area contributed by atoms with Crippen molar-refractivity contribution >= 4 is 5.97 Å². The predicted molar refractivity (Wildman–Crippen MR) is 54.1 cm³/mol. The van der Waals surface area contributed by atoms with Crippen molar-refractivity contribution in [2.24, 2.45) is 7.05 Å². The zero-order valence-corrected chi connectivity index (χ0v) is 8.78. The Bertz CT molecular complexity index is 447. The van der Waals surface area contributed by atoms with E-state index in [-0.39, 0.29) is 0 Å². The fraction of sp³-hybridized carbons (Fsp3) is 0.455. The Balaban J connectivity index is 2.25. The summed E-state index contributed by atoms with van der Waals surface area (Å²) < 4.78 is 6.19. The first-order valence-corrected chi connectivity index (χ1v) is 4.84. The number of methoxy groups -OCH3 is 1. The van der Waals surface area contributed by atoms with Gasteiger partial charge in [0.15, 0.2) is 0 Å². The molecule has 0 bridgehead atoms. The molecule has 1 heterocycles. The molecular formula is C11H12N2O2. The van der Waals surface area contributed by atoms with Crippen LogP contribution in [0.2, 0.25) is 0 Å². The zero-order chi connectivity index (χ0) is 10.8. The van der Waals surface area contributed by atoms with Crippen molar-refractivity contribution in [1.82, 2.24) is 9.78 Å². The van der Waals surface area contributed by atoms with Crippen molar-refractivity contribution in [2.75, 3.05) is 7.11 Å². The van der Waals surface area contributed by atoms with E-state index >= 15 is 0 Å². The summed E-state index contributed by atoms with van der Waals surface area (Å²) in [6.45, 7) is 0. The number of aryl methyl sites for hydroxylation is 1. The average Bonchev–Trinajstić information content (AvgIpc) is 2.99. The second-order valence-electron chi connectivity index (χ2n) is 3.62. The van der Waals surface area contributed by atoms with Crippen LogP contribution in [-0.2, 0) is 16.6 Å². The van der Waals surface area contributed by atoms with E-state index in [1.54, 1.807) is 4.68 Å². The molecule has 1 aromatic rings. The van der Waals surface area contributed by atoms with Crippen LogP contribution in [0.3, 0.4) is 0 Å². The van der Waals surface area contributed by atoms with Crippen LogP contribution in [0.25, 0.3) is 0 Å². The molecule has 0 aliphatic heterocycles. The van der Waals surface area contributed by atoms with Gasteiger partial charge in [0.25, 0.3) is 0 Å². The van der Waals surface area contributed by atoms with E-state index < -0.39 is 5.97 Å². The van der Waals surface area contributed by atoms with Gasteiger partial charge in [-0.1, -0.05) is 5.92 Å². The van der Waals surface area contributed by atoms with E-state index in [2.05, 4.69) is 21.7 Å². The average molecular weight is 204 g/mol. The van der Waals surface area contributed by atoms with Gasteiger partial charge >= 0.3 is 5.97 Å². The van der Waals surface area contributed by atoms with Gasteiger partial charge in [-0.05, 0) is 12.8 Å². The fourth-order valence-corrected chi connectivity index (χ4v) is 1.43. The SMILES string of the molecule is COC(=O)C#Cc1cn(C)nc1C1CC1. The first-order valence-electron chi connectivity index (χ1n) is 4.84. The number of esters is 1. The Morgan fingerprint density at radius 2 is 2.40 bits per heavy atom. The number of hydrogen-bond acceptors (Lipinski definition) is 3. The molecular weight excluding hydrogens is 192 g/mol. The van der Waals surface area contributed by atoms with E-state index in [1.807, 2.05) is 13.2 Å². The van der Waals surface area contributed by atoms with Crippen molar-refractivity contribution in [2.45, 2.75) is 18.8 Å². The Kier molecular flexibility index (Phi) is 2.46. The molecule has 1 aromatic heterocycles. The second-order valence-corrected chi connectivity index (χ2v) is 3.62. The summed E-state index contributed by atoms with van der Waals surface area (Å²) in [7, 11) is 3.18. The van der Waals surface area contributed by atoms with Gasteiger partial charge < -0.3 is 4.74 Å². The fourth-order valence-electron chi connectivity index (χ4n) is 1.43. The maximum absolute atomic E-state index is 10.9. The third-order valence-corrected chi connectivity index (χ3v) is 2.31. The lowest BCUT2D eigenvalue weighted by Gasteiger charge is -1.89. The molecule has 78 valence electrons. The van der Waals surface area contributed by atoms with Gasteiger partial charge in [0.2, 0.25) is 0 Å². The summed E-state index contributed by atoms with van der Waals surface area (Å²) in [5.74, 6) is 5.24. The quantitative estimate of drug-likeness (QED) is 0.502. The highest BCUT2D eigenvalue weighted by Gasteiger charge is 2.28. The molecule has 0 N–H and O–H groups in total. The smallest absolute Gasteiger partial charge is 0.384 e. The van der Waals surface area contributed by atoms with Crippen LogP contribution < -0.4 is 0 Å². The number of carbonyl (C=O) groups excluding carboxylic acids is 1. The Morgan fingerprint density at radius 3 is 3.00 bits per heavy atom. The number of nitrogens with zero attached hydrogens (tertiary/aromatic N) is 2. The summed E-state index contributed by atoms with van der Waals surface area (Å²) >= 11 is 0. The molecule has 0 saturated heterocycles. The van der Waals surface area contributed by atoms with Crippen molar-refractivity contribution < 1.29 is 9.53 Å². The molecule has 0 aromatic carbocycles. The topological polar surface area (TPSA) is 44.1 Å². The lowest BCUT2D eigenvalue weighted by molar-refractivity contribution is -0.133. The summed E-state index contributed by atoms with van der Waals surface area (Å²) in [4.78, 5) is 10.9. The monoisotopic (exact) mass is 204 g/mol. The second kappa shape index (κ2) is 3.77. The van der Waals surface area contributed by atoms with Crippen molar-refractivity contribution in [3.8, 4) is 11.8 Å². The molecule has 0 amide bonds. The van der Waals surface area contributed by atoms with Gasteiger partial charge in [-0.25, -0.2) is 4.79 Å². The first kappa shape index (κ1) is 9.78. The Labute approximate surface area is 88.2 Å². The molecule has 2 rings (SSSR count). The first-order chi connectivity index (χ1) is 7.20. The highest BCUT2D eigenvalue weighted by molar-refractivity contribution is 5.89. The maximum Gasteiger partial charge on any atom is 0.384 e. The van der Waals surface area contributed by atoms with E-state index in [0.29, 0.717) is 5.92 Å². The minimum Gasteiger partial charge on any atom is -0.459 e. The van der Waals surface area contributed by atoms with Crippen LogP contribution in [0.5, 0.6) is 0 Å². The molecule has 0 spiro atoms. The lowest BCUT2D eigenvalue weighted by Crippen LogP contribution is -1.94. The van der Waals surface area contributed by atoms with Crippen LogP contribution in [-0.4, -0.2) is 22.9 Å². The molecule has 0 unspecified atom stereocenters. The minimum absolute atomic E-state index is 0.513. The largest absolute Gasteiger partial charge is 0.459 e. The minimum atomic E-state index is -0.513. The van der Waals surface area contributed by atoms with E-state index in [1.165, 1.54) is 20.0 Å². The molecule has 4 heteroatoms. The van der Waals surface area contributed by atoms with Gasteiger partial charge in [0.05, 0.1) is 18.4 Å². The molecule has 15 heavy (non-hydrogen) atoms. The molecule has 0 atom stereocenters. The molecule has 1 fully saturated rings. The standard InChI is InChI=1S/C11H12N2O2/c1-13-7-9(5-6-10(14)15-2)11(12-13)8-3-4-8/h7-8H,3-4H2,1-2H3. The summed E-state index contributed by atoms with van der Waals surface area (Å²) in [6.07, 6.45) is 4.18. The van der Waals surface area contributed by atoms with Crippen molar-refractivity contribution in [3.63, 3.8) is 0 Å². The lowest BCUT2D eigenvalue weighted by atomic mass is 10.2. The van der Waals surface area contributed by atoms with E-state index in [9.17, 15) is 4.79 Å². The van der Waals surface area contributed by atoms with Crippen LogP contribution >= 0.6 is 0 Å². The molecule has 1 aliphatic carbocycles. The maximum atomic E-state index is 10.9. The highest BCUT2D eigenvalue weighted by Crippen LogP contribution is 2.40. The predicted octanol–water partition coefficient (Wildman–Crippen LogP) is 0.822. The number of ether oxygens (including phenoxy) is 1. The Hall–Kier alpha value is -1.76. The highest BCUT2D eigenvalue weighted by atomic mass is 16.5. The molecule has 1 saturated carbocycles. The van der Waals surface area contributed by atoms with Crippen LogP contribution in [0.1, 0.15) is 30.0 Å². The number of rotatable bonds is 1. The van der Waals surface area contributed by atoms with Crippen molar-refractivity contribution in [3.05, 3.63) is 17.5 Å². The van der Waals surface area contributed by atoms with Gasteiger partial charge in [-0.2, -0.15) is 5.10 Å². The summed E-state index contributed by atoms with van der Waals surface area (Å²) in [5, 5.41) is 4.34. The third-order valence-electron chi connectivity index (χ3n) is 2.31. The zero-order valence-electron chi connectivity index (χ0n) is 8.78. The van der Waals surface area contributed by atoms with Gasteiger partial charge in [0.1, 0.15) is 0 Å². The van der Waals surface area contributed by atoms with Crippen LogP contribution in [0.15, 0.2) is 6.20 Å². The summed E-state index contributed by atoms with van der Waals surface area (Å²) in [6, 6.07) is 0. The van der Waals surface area contributed by atoms with Gasteiger partial charge in [-0.15, -0.1) is 0 Å². The van der Waals surface area contributed by atoms with E-state index in [4.69, 9.17) is 0 Å². The van der Waals surface area contributed by atoms with Crippen LogP contribution in [0.4, 0.5) is 0 Å². The summed E-state index contributed by atoms with van der Waals surface area (Å²) in [5.41, 5.74) is 1.85. The van der Waals surface area contributed by atoms with E-state index in [0.717, 1.165) is 11.3 Å². The van der Waals surface area contributed by atoms with Crippen LogP contribution in [0, 0.1) is 11.8 Å². The van der Waals surface area contributed by atoms with Crippen molar-refractivity contribution in [1.29, 1.82) is 0 Å². The molecule has 1 aliphatic rings. The number of aromatic nitrogens is 2. The number of carbonyl (C=O) groups is 1. The Morgan fingerprint density at radius 1 is 1.67 bits per heavy atom. The normalized spacial score (nSPS) is 14.3. The van der Waals surface area contributed by atoms with Gasteiger partial charge in [0, 0.05) is 25.1 Å². The molecule has 0 radical (unpaired) electrons. The third kappa shape index (κ3) is 2.18.